The maximum Gasteiger partial charge on any atom is 0.171 e. The third-order valence-corrected chi connectivity index (χ3v) is 4.23. The van der Waals surface area contributed by atoms with Gasteiger partial charge in [0.15, 0.2) is 17.8 Å². The predicted molar refractivity (Wildman–Crippen MR) is 83.8 cm³/mol. The molecule has 1 heterocycles. The maximum absolute atomic E-state index is 11.2. The number of carbonyl (C=O) groups is 1. The summed E-state index contributed by atoms with van der Waals surface area (Å²) in [6.45, 7) is 1.71. The van der Waals surface area contributed by atoms with Crippen molar-refractivity contribution in [3.8, 4) is 11.5 Å². The van der Waals surface area contributed by atoms with E-state index in [0.717, 1.165) is 19.3 Å². The summed E-state index contributed by atoms with van der Waals surface area (Å²) in [6.07, 6.45) is 5.45. The number of nitrogens with zero attached hydrogens (tertiary/aromatic N) is 1. The molecule has 0 aliphatic carbocycles. The van der Waals surface area contributed by atoms with Crippen LogP contribution in [0.3, 0.4) is 0 Å². The summed E-state index contributed by atoms with van der Waals surface area (Å²) in [6, 6.07) is 3.81. The van der Waals surface area contributed by atoms with Crippen molar-refractivity contribution in [1.82, 2.24) is 4.90 Å². The van der Waals surface area contributed by atoms with E-state index in [2.05, 4.69) is 11.9 Å². The Bertz CT molecular complexity index is 493. The van der Waals surface area contributed by atoms with Gasteiger partial charge in [-0.05, 0) is 38.9 Å². The van der Waals surface area contributed by atoms with Gasteiger partial charge in [0, 0.05) is 17.1 Å². The van der Waals surface area contributed by atoms with Crippen LogP contribution in [0.2, 0.25) is 5.02 Å². The van der Waals surface area contributed by atoms with Crippen LogP contribution in [-0.2, 0) is 0 Å². The van der Waals surface area contributed by atoms with Crippen LogP contribution in [0.25, 0.3) is 0 Å². The first-order valence-electron chi connectivity index (χ1n) is 7.31. The van der Waals surface area contributed by atoms with Crippen molar-refractivity contribution in [2.24, 2.45) is 0 Å². The number of carbonyl (C=O) groups excluding carboxylic acids is 1. The molecule has 1 saturated heterocycles. The van der Waals surface area contributed by atoms with E-state index in [-0.39, 0.29) is 0 Å². The van der Waals surface area contributed by atoms with Gasteiger partial charge in [0.1, 0.15) is 0 Å². The van der Waals surface area contributed by atoms with Crippen LogP contribution >= 0.6 is 11.6 Å². The van der Waals surface area contributed by atoms with E-state index in [1.54, 1.807) is 19.2 Å². The molecule has 0 saturated carbocycles. The van der Waals surface area contributed by atoms with Gasteiger partial charge in [-0.25, -0.2) is 0 Å². The minimum absolute atomic E-state index is 0.427. The first-order valence-corrected chi connectivity index (χ1v) is 7.69. The standard InChI is InChI=1S/C16H22ClNO3/c1-18-7-4-3-5-14(18)6-8-21-16-12(11-19)9-13(17)10-15(16)20-2/h9-11,14H,3-8H2,1-2H3. The zero-order valence-corrected chi connectivity index (χ0v) is 13.4. The number of aldehydes is 1. The maximum atomic E-state index is 11.2. The van der Waals surface area contributed by atoms with Crippen molar-refractivity contribution in [3.63, 3.8) is 0 Å². The molecule has 0 spiro atoms. The summed E-state index contributed by atoms with van der Waals surface area (Å²) >= 11 is 5.95. The molecule has 4 nitrogen and oxygen atoms in total. The highest BCUT2D eigenvalue weighted by Crippen LogP contribution is 2.34. The second kappa shape index (κ2) is 7.66. The lowest BCUT2D eigenvalue weighted by Gasteiger charge is -2.32. The van der Waals surface area contributed by atoms with Crippen LogP contribution < -0.4 is 9.47 Å². The molecule has 116 valence electrons. The topological polar surface area (TPSA) is 38.8 Å². The largest absolute Gasteiger partial charge is 0.493 e. The molecular formula is C16H22ClNO3. The third kappa shape index (κ3) is 4.11. The van der Waals surface area contributed by atoms with Crippen molar-refractivity contribution in [2.45, 2.75) is 31.7 Å². The van der Waals surface area contributed by atoms with Gasteiger partial charge in [0.05, 0.1) is 19.3 Å². The van der Waals surface area contributed by atoms with Crippen LogP contribution in [0.1, 0.15) is 36.0 Å². The molecule has 0 radical (unpaired) electrons. The highest BCUT2D eigenvalue weighted by atomic mass is 35.5. The number of halogens is 1. The Balaban J connectivity index is 2.00. The van der Waals surface area contributed by atoms with Gasteiger partial charge in [0.25, 0.3) is 0 Å². The number of methoxy groups -OCH3 is 1. The Morgan fingerprint density at radius 3 is 2.90 bits per heavy atom. The molecule has 0 bridgehead atoms. The smallest absolute Gasteiger partial charge is 0.171 e. The highest BCUT2D eigenvalue weighted by Gasteiger charge is 2.19. The van der Waals surface area contributed by atoms with Crippen molar-refractivity contribution in [3.05, 3.63) is 22.7 Å². The molecule has 1 fully saturated rings. The van der Waals surface area contributed by atoms with Gasteiger partial charge < -0.3 is 14.4 Å². The summed E-state index contributed by atoms with van der Waals surface area (Å²) in [5.41, 5.74) is 0.427. The number of benzene rings is 1. The van der Waals surface area contributed by atoms with Gasteiger partial charge >= 0.3 is 0 Å². The Hall–Kier alpha value is -1.26. The molecule has 1 unspecified atom stereocenters. The number of hydrogen-bond donors (Lipinski definition) is 0. The van der Waals surface area contributed by atoms with E-state index < -0.39 is 0 Å². The minimum Gasteiger partial charge on any atom is -0.493 e. The summed E-state index contributed by atoms with van der Waals surface area (Å²) in [5, 5.41) is 0.466. The second-order valence-corrected chi connectivity index (χ2v) is 5.85. The minimum atomic E-state index is 0.427. The van der Waals surface area contributed by atoms with Crippen LogP contribution in [0.15, 0.2) is 12.1 Å². The number of ether oxygens (including phenoxy) is 2. The van der Waals surface area contributed by atoms with Crippen LogP contribution in [0.5, 0.6) is 11.5 Å². The molecule has 1 aromatic rings. The number of piperidine rings is 1. The van der Waals surface area contributed by atoms with Crippen LogP contribution in [-0.4, -0.2) is 44.5 Å². The van der Waals surface area contributed by atoms with Gasteiger partial charge in [-0.2, -0.15) is 0 Å². The fourth-order valence-electron chi connectivity index (χ4n) is 2.79. The monoisotopic (exact) mass is 311 g/mol. The van der Waals surface area contributed by atoms with Gasteiger partial charge in [0.2, 0.25) is 0 Å². The summed E-state index contributed by atoms with van der Waals surface area (Å²) < 4.78 is 11.1. The van der Waals surface area contributed by atoms with E-state index in [0.29, 0.717) is 34.7 Å². The predicted octanol–water partition coefficient (Wildman–Crippen LogP) is 3.41. The lowest BCUT2D eigenvalue weighted by atomic mass is 10.0. The fraction of sp³-hybridized carbons (Fsp3) is 0.562. The SMILES string of the molecule is COc1cc(Cl)cc(C=O)c1OCCC1CCCCN1C. The number of likely N-dealkylation sites (tertiary alicyclic amines) is 1. The first kappa shape index (κ1) is 16.1. The zero-order valence-electron chi connectivity index (χ0n) is 12.6. The molecule has 1 atom stereocenters. The summed E-state index contributed by atoms with van der Waals surface area (Å²) in [7, 11) is 3.70. The number of rotatable bonds is 6. The summed E-state index contributed by atoms with van der Waals surface area (Å²) in [5.74, 6) is 0.983. The molecule has 0 amide bonds. The fourth-order valence-corrected chi connectivity index (χ4v) is 3.00. The van der Waals surface area contributed by atoms with Gasteiger partial charge in [-0.3, -0.25) is 4.79 Å². The van der Waals surface area contributed by atoms with Crippen LogP contribution in [0, 0.1) is 0 Å². The molecule has 1 aliphatic heterocycles. The quantitative estimate of drug-likeness (QED) is 0.755. The molecule has 1 aromatic carbocycles. The molecular weight excluding hydrogens is 290 g/mol. The van der Waals surface area contributed by atoms with E-state index in [4.69, 9.17) is 21.1 Å². The lowest BCUT2D eigenvalue weighted by Crippen LogP contribution is -2.37. The Morgan fingerprint density at radius 1 is 1.43 bits per heavy atom. The molecule has 21 heavy (non-hydrogen) atoms. The summed E-state index contributed by atoms with van der Waals surface area (Å²) in [4.78, 5) is 13.5. The van der Waals surface area contributed by atoms with E-state index in [9.17, 15) is 4.79 Å². The zero-order chi connectivity index (χ0) is 15.2. The average Bonchev–Trinajstić information content (AvgIpc) is 2.49. The van der Waals surface area contributed by atoms with E-state index in [1.807, 2.05) is 0 Å². The van der Waals surface area contributed by atoms with Crippen molar-refractivity contribution < 1.29 is 14.3 Å². The molecule has 5 heteroatoms. The Labute approximate surface area is 131 Å². The lowest BCUT2D eigenvalue weighted by molar-refractivity contribution is 0.111. The highest BCUT2D eigenvalue weighted by molar-refractivity contribution is 6.31. The number of hydrogen-bond acceptors (Lipinski definition) is 4. The van der Waals surface area contributed by atoms with Gasteiger partial charge in [-0.1, -0.05) is 18.0 Å². The van der Waals surface area contributed by atoms with E-state index in [1.165, 1.54) is 19.3 Å². The second-order valence-electron chi connectivity index (χ2n) is 5.41. The average molecular weight is 312 g/mol. The normalized spacial score (nSPS) is 19.3. The Kier molecular flexibility index (Phi) is 5.88. The van der Waals surface area contributed by atoms with Crippen molar-refractivity contribution in [1.29, 1.82) is 0 Å². The van der Waals surface area contributed by atoms with Crippen LogP contribution in [0.4, 0.5) is 0 Å². The molecule has 1 aliphatic rings. The Morgan fingerprint density at radius 2 is 2.24 bits per heavy atom. The first-order chi connectivity index (χ1) is 10.2. The van der Waals surface area contributed by atoms with Crippen molar-refractivity contribution in [2.75, 3.05) is 27.3 Å². The molecule has 0 N–H and O–H groups in total. The van der Waals surface area contributed by atoms with Gasteiger partial charge in [-0.15, -0.1) is 0 Å². The molecule has 0 aromatic heterocycles. The van der Waals surface area contributed by atoms with Crippen molar-refractivity contribution >= 4 is 17.9 Å². The van der Waals surface area contributed by atoms with E-state index >= 15 is 0 Å². The third-order valence-electron chi connectivity index (χ3n) is 4.01. The molecule has 2 rings (SSSR count).